The SMILES string of the molecule is CC.C[C@H]1CC[C@H](c2ccc3sc(CCCCN(C)C)nc3c2)N(C)C1. The van der Waals surface area contributed by atoms with E-state index in [0.29, 0.717) is 6.04 Å². The molecular formula is C22H37N3S. The van der Waals surface area contributed by atoms with Crippen LogP contribution in [0.25, 0.3) is 10.2 Å². The van der Waals surface area contributed by atoms with Gasteiger partial charge in [0, 0.05) is 12.6 Å². The molecule has 2 aromatic rings. The molecule has 0 unspecified atom stereocenters. The summed E-state index contributed by atoms with van der Waals surface area (Å²) in [6, 6.07) is 7.52. The molecule has 2 atom stereocenters. The lowest BCUT2D eigenvalue weighted by molar-refractivity contribution is 0.146. The Kier molecular flexibility index (Phi) is 8.52. The number of benzene rings is 1. The molecule has 1 saturated heterocycles. The van der Waals surface area contributed by atoms with Crippen LogP contribution in [0, 0.1) is 5.92 Å². The first-order chi connectivity index (χ1) is 12.5. The smallest absolute Gasteiger partial charge is 0.0938 e. The summed E-state index contributed by atoms with van der Waals surface area (Å²) in [5, 5.41) is 1.30. The van der Waals surface area contributed by atoms with E-state index in [1.807, 2.05) is 25.2 Å². The molecule has 1 fully saturated rings. The third kappa shape index (κ3) is 5.77. The topological polar surface area (TPSA) is 19.4 Å². The number of rotatable bonds is 6. The summed E-state index contributed by atoms with van der Waals surface area (Å²) >= 11 is 1.87. The Hall–Kier alpha value is -0.970. The van der Waals surface area contributed by atoms with Crippen LogP contribution in [0.15, 0.2) is 18.2 Å². The first kappa shape index (κ1) is 21.3. The number of nitrogens with zero attached hydrogens (tertiary/aromatic N) is 3. The number of thiazole rings is 1. The summed E-state index contributed by atoms with van der Waals surface area (Å²) in [7, 11) is 6.55. The van der Waals surface area contributed by atoms with Crippen molar-refractivity contribution in [1.29, 1.82) is 0 Å². The fourth-order valence-electron chi connectivity index (χ4n) is 3.80. The highest BCUT2D eigenvalue weighted by Gasteiger charge is 2.24. The van der Waals surface area contributed by atoms with Gasteiger partial charge in [-0.3, -0.25) is 4.90 Å². The van der Waals surface area contributed by atoms with Gasteiger partial charge in [0.1, 0.15) is 0 Å². The van der Waals surface area contributed by atoms with Crippen LogP contribution in [-0.4, -0.2) is 49.0 Å². The van der Waals surface area contributed by atoms with Gasteiger partial charge in [-0.05, 0) is 83.4 Å². The van der Waals surface area contributed by atoms with Gasteiger partial charge in [0.25, 0.3) is 0 Å². The Morgan fingerprint density at radius 1 is 1.19 bits per heavy atom. The minimum absolute atomic E-state index is 0.566. The quantitative estimate of drug-likeness (QED) is 0.612. The van der Waals surface area contributed by atoms with E-state index in [1.165, 1.54) is 59.6 Å². The largest absolute Gasteiger partial charge is 0.309 e. The number of hydrogen-bond acceptors (Lipinski definition) is 4. The summed E-state index contributed by atoms with van der Waals surface area (Å²) in [6.07, 6.45) is 6.20. The summed E-state index contributed by atoms with van der Waals surface area (Å²) in [6.45, 7) is 8.73. The molecule has 4 heteroatoms. The lowest BCUT2D eigenvalue weighted by Gasteiger charge is -2.36. The van der Waals surface area contributed by atoms with E-state index in [2.05, 4.69) is 56.1 Å². The number of aromatic nitrogens is 1. The van der Waals surface area contributed by atoms with Gasteiger partial charge in [0.2, 0.25) is 0 Å². The lowest BCUT2D eigenvalue weighted by atomic mass is 9.90. The van der Waals surface area contributed by atoms with Crippen molar-refractivity contribution in [3.05, 3.63) is 28.8 Å². The zero-order valence-corrected chi connectivity index (χ0v) is 18.4. The van der Waals surface area contributed by atoms with Gasteiger partial charge in [-0.2, -0.15) is 0 Å². The van der Waals surface area contributed by atoms with E-state index in [-0.39, 0.29) is 0 Å². The van der Waals surface area contributed by atoms with Crippen LogP contribution >= 0.6 is 11.3 Å². The third-order valence-corrected chi connectivity index (χ3v) is 6.25. The average Bonchev–Trinajstić information content (AvgIpc) is 3.02. The van der Waals surface area contributed by atoms with Crippen molar-refractivity contribution in [2.24, 2.45) is 5.92 Å². The predicted molar refractivity (Wildman–Crippen MR) is 116 cm³/mol. The molecule has 1 aliphatic heterocycles. The maximum Gasteiger partial charge on any atom is 0.0938 e. The molecule has 0 aliphatic carbocycles. The van der Waals surface area contributed by atoms with E-state index in [9.17, 15) is 0 Å². The molecule has 2 heterocycles. The van der Waals surface area contributed by atoms with E-state index in [4.69, 9.17) is 4.98 Å². The molecule has 0 saturated carbocycles. The highest BCUT2D eigenvalue weighted by atomic mass is 32.1. The first-order valence-electron chi connectivity index (χ1n) is 10.3. The van der Waals surface area contributed by atoms with Crippen molar-refractivity contribution in [2.75, 3.05) is 34.2 Å². The molecule has 1 aromatic carbocycles. The fourth-order valence-corrected chi connectivity index (χ4v) is 4.79. The number of unbranched alkanes of at least 4 members (excludes halogenated alkanes) is 1. The second kappa shape index (κ2) is 10.4. The van der Waals surface area contributed by atoms with Crippen LogP contribution < -0.4 is 0 Å². The molecule has 146 valence electrons. The molecule has 0 amide bonds. The molecule has 26 heavy (non-hydrogen) atoms. The van der Waals surface area contributed by atoms with Crippen LogP contribution in [0.1, 0.15) is 63.1 Å². The van der Waals surface area contributed by atoms with Crippen LogP contribution in [0.3, 0.4) is 0 Å². The maximum atomic E-state index is 4.91. The van der Waals surface area contributed by atoms with Gasteiger partial charge >= 0.3 is 0 Å². The summed E-state index contributed by atoms with van der Waals surface area (Å²) in [5.74, 6) is 0.822. The monoisotopic (exact) mass is 375 g/mol. The Bertz CT molecular complexity index is 664. The number of hydrogen-bond donors (Lipinski definition) is 0. The highest BCUT2D eigenvalue weighted by Crippen LogP contribution is 2.34. The van der Waals surface area contributed by atoms with Crippen molar-refractivity contribution in [3.8, 4) is 0 Å². The molecular weight excluding hydrogens is 338 g/mol. The lowest BCUT2D eigenvalue weighted by Crippen LogP contribution is -2.33. The van der Waals surface area contributed by atoms with Gasteiger partial charge in [0.15, 0.2) is 0 Å². The van der Waals surface area contributed by atoms with Crippen molar-refractivity contribution < 1.29 is 0 Å². The van der Waals surface area contributed by atoms with Gasteiger partial charge in [-0.25, -0.2) is 4.98 Å². The first-order valence-corrected chi connectivity index (χ1v) is 11.1. The summed E-state index contributed by atoms with van der Waals surface area (Å²) in [4.78, 5) is 9.69. The zero-order valence-electron chi connectivity index (χ0n) is 17.6. The van der Waals surface area contributed by atoms with E-state index < -0.39 is 0 Å². The summed E-state index contributed by atoms with van der Waals surface area (Å²) < 4.78 is 1.34. The molecule has 0 bridgehead atoms. The Labute approximate surface area is 164 Å². The van der Waals surface area contributed by atoms with Gasteiger partial charge < -0.3 is 4.90 Å². The van der Waals surface area contributed by atoms with Crippen molar-refractivity contribution in [1.82, 2.24) is 14.8 Å². The molecule has 0 radical (unpaired) electrons. The van der Waals surface area contributed by atoms with Crippen LogP contribution in [0.4, 0.5) is 0 Å². The number of piperidine rings is 1. The number of fused-ring (bicyclic) bond motifs is 1. The molecule has 0 N–H and O–H groups in total. The normalized spacial score (nSPS) is 21.0. The van der Waals surface area contributed by atoms with Crippen molar-refractivity contribution in [2.45, 2.75) is 58.9 Å². The van der Waals surface area contributed by atoms with Gasteiger partial charge in [-0.1, -0.05) is 26.8 Å². The zero-order chi connectivity index (χ0) is 19.1. The van der Waals surface area contributed by atoms with E-state index >= 15 is 0 Å². The third-order valence-electron chi connectivity index (χ3n) is 5.15. The fraction of sp³-hybridized carbons (Fsp3) is 0.682. The standard InChI is InChI=1S/C20H31N3S.C2H6/c1-15-8-10-18(23(4)14-15)16-9-11-19-17(13-16)21-20(24-19)7-5-6-12-22(2)3;1-2/h9,11,13,15,18H,5-8,10,12,14H2,1-4H3;1-2H3/t15-,18+;/m0./s1. The van der Waals surface area contributed by atoms with Crippen molar-refractivity contribution >= 4 is 21.6 Å². The van der Waals surface area contributed by atoms with E-state index in [1.54, 1.807) is 0 Å². The Morgan fingerprint density at radius 2 is 1.96 bits per heavy atom. The maximum absolute atomic E-state index is 4.91. The predicted octanol–water partition coefficient (Wildman–Crippen LogP) is 5.61. The second-order valence-electron chi connectivity index (χ2n) is 7.73. The molecule has 0 spiro atoms. The second-order valence-corrected chi connectivity index (χ2v) is 8.85. The Balaban J connectivity index is 0.00000117. The molecule has 3 nitrogen and oxygen atoms in total. The minimum Gasteiger partial charge on any atom is -0.309 e. The summed E-state index contributed by atoms with van der Waals surface area (Å²) in [5.41, 5.74) is 2.65. The van der Waals surface area contributed by atoms with Gasteiger partial charge in [-0.15, -0.1) is 11.3 Å². The van der Waals surface area contributed by atoms with Crippen LogP contribution in [0.5, 0.6) is 0 Å². The van der Waals surface area contributed by atoms with Crippen LogP contribution in [-0.2, 0) is 6.42 Å². The van der Waals surface area contributed by atoms with Crippen molar-refractivity contribution in [3.63, 3.8) is 0 Å². The van der Waals surface area contributed by atoms with E-state index in [0.717, 1.165) is 12.3 Å². The molecule has 1 aromatic heterocycles. The minimum atomic E-state index is 0.566. The van der Waals surface area contributed by atoms with Gasteiger partial charge in [0.05, 0.1) is 15.2 Å². The van der Waals surface area contributed by atoms with Crippen LogP contribution in [0.2, 0.25) is 0 Å². The highest BCUT2D eigenvalue weighted by molar-refractivity contribution is 7.18. The Morgan fingerprint density at radius 3 is 2.65 bits per heavy atom. The average molecular weight is 376 g/mol. The molecule has 1 aliphatic rings. The number of aryl methyl sites for hydroxylation is 1. The molecule has 3 rings (SSSR count). The number of likely N-dealkylation sites (tertiary alicyclic amines) is 1.